The highest BCUT2D eigenvalue weighted by atomic mass is 127. The number of unbranched alkanes of at least 4 members (excludes halogenated alkanes) is 1. The standard InChI is InChI=1S/C11H26IN3O/c1-3-4-8-15(10-6-14-12)9-5-13-7-11-16-2/h13-14H,3-11H2,1-2H3. The molecule has 4 nitrogen and oxygen atoms in total. The molecule has 98 valence electrons. The number of hydrogen-bond acceptors (Lipinski definition) is 4. The Hall–Kier alpha value is 0.570. The van der Waals surface area contributed by atoms with E-state index in [2.05, 4.69) is 43.5 Å². The quantitative estimate of drug-likeness (QED) is 0.318. The molecule has 0 radical (unpaired) electrons. The van der Waals surface area contributed by atoms with Gasteiger partial charge in [-0.05, 0) is 13.0 Å². The number of nitrogens with zero attached hydrogens (tertiary/aromatic N) is 1. The Kier molecular flexibility index (Phi) is 14.1. The fourth-order valence-corrected chi connectivity index (χ4v) is 1.70. The van der Waals surface area contributed by atoms with Crippen LogP contribution in [0.25, 0.3) is 0 Å². The molecule has 0 unspecified atom stereocenters. The van der Waals surface area contributed by atoms with Crippen LogP contribution in [0.2, 0.25) is 0 Å². The summed E-state index contributed by atoms with van der Waals surface area (Å²) in [4.78, 5) is 2.51. The molecule has 2 N–H and O–H groups in total. The molecule has 16 heavy (non-hydrogen) atoms. The second-order valence-electron chi connectivity index (χ2n) is 3.82. The highest BCUT2D eigenvalue weighted by molar-refractivity contribution is 14.1. The van der Waals surface area contributed by atoms with Gasteiger partial charge in [-0.2, -0.15) is 0 Å². The number of ether oxygens (including phenoxy) is 1. The average Bonchev–Trinajstić information content (AvgIpc) is 2.31. The molecular weight excluding hydrogens is 317 g/mol. The maximum atomic E-state index is 4.99. The van der Waals surface area contributed by atoms with Gasteiger partial charge in [0.05, 0.1) is 6.61 Å². The van der Waals surface area contributed by atoms with E-state index in [1.807, 2.05) is 0 Å². The molecular formula is C11H26IN3O. The topological polar surface area (TPSA) is 36.5 Å². The number of nitrogens with one attached hydrogen (secondary N) is 2. The van der Waals surface area contributed by atoms with Crippen LogP contribution in [0.1, 0.15) is 19.8 Å². The Morgan fingerprint density at radius 2 is 1.88 bits per heavy atom. The molecule has 0 aliphatic carbocycles. The van der Waals surface area contributed by atoms with Gasteiger partial charge >= 0.3 is 0 Å². The molecule has 0 aliphatic heterocycles. The average molecular weight is 343 g/mol. The van der Waals surface area contributed by atoms with Crippen LogP contribution in [0.3, 0.4) is 0 Å². The van der Waals surface area contributed by atoms with Crippen molar-refractivity contribution in [3.8, 4) is 0 Å². The third-order valence-electron chi connectivity index (χ3n) is 2.44. The van der Waals surface area contributed by atoms with Crippen LogP contribution in [0.4, 0.5) is 0 Å². The monoisotopic (exact) mass is 343 g/mol. The molecule has 0 saturated carbocycles. The summed E-state index contributed by atoms with van der Waals surface area (Å²) in [6.45, 7) is 9.56. The molecule has 0 aliphatic rings. The van der Waals surface area contributed by atoms with E-state index >= 15 is 0 Å². The molecule has 0 fully saturated rings. The van der Waals surface area contributed by atoms with Crippen LogP contribution in [0, 0.1) is 0 Å². The first-order chi connectivity index (χ1) is 7.85. The van der Waals surface area contributed by atoms with E-state index in [0.29, 0.717) is 0 Å². The minimum absolute atomic E-state index is 0.796. The van der Waals surface area contributed by atoms with Crippen LogP contribution >= 0.6 is 22.9 Å². The predicted octanol–water partition coefficient (Wildman–Crippen LogP) is 1.26. The second kappa shape index (κ2) is 13.6. The minimum Gasteiger partial charge on any atom is -0.383 e. The van der Waals surface area contributed by atoms with Crippen molar-refractivity contribution in [1.29, 1.82) is 0 Å². The van der Waals surface area contributed by atoms with Crippen LogP contribution in [0.15, 0.2) is 0 Å². The number of hydrogen-bond donors (Lipinski definition) is 2. The molecule has 0 aromatic carbocycles. The Labute approximate surface area is 114 Å². The van der Waals surface area contributed by atoms with Crippen molar-refractivity contribution in [1.82, 2.24) is 13.7 Å². The molecule has 5 heteroatoms. The zero-order valence-electron chi connectivity index (χ0n) is 10.6. The first-order valence-corrected chi connectivity index (χ1v) is 7.18. The fraction of sp³-hybridized carbons (Fsp3) is 1.00. The lowest BCUT2D eigenvalue weighted by atomic mass is 10.3. The number of halogens is 1. The zero-order chi connectivity index (χ0) is 12.1. The van der Waals surface area contributed by atoms with Gasteiger partial charge in [-0.25, -0.2) is 0 Å². The molecule has 0 heterocycles. The van der Waals surface area contributed by atoms with Crippen molar-refractivity contribution in [2.24, 2.45) is 0 Å². The van der Waals surface area contributed by atoms with Gasteiger partial charge in [0.25, 0.3) is 0 Å². The molecule has 0 aromatic heterocycles. The second-order valence-corrected chi connectivity index (χ2v) is 4.58. The molecule has 0 bridgehead atoms. The van der Waals surface area contributed by atoms with Gasteiger partial charge in [-0.15, -0.1) is 0 Å². The highest BCUT2D eigenvalue weighted by Crippen LogP contribution is 1.94. The summed E-state index contributed by atoms with van der Waals surface area (Å²) in [5, 5.41) is 3.38. The molecule has 0 spiro atoms. The van der Waals surface area contributed by atoms with Gasteiger partial charge in [-0.3, -0.25) is 3.53 Å². The fourth-order valence-electron chi connectivity index (χ4n) is 1.45. The van der Waals surface area contributed by atoms with Crippen molar-refractivity contribution in [3.05, 3.63) is 0 Å². The summed E-state index contributed by atoms with van der Waals surface area (Å²) in [5.41, 5.74) is 0. The Morgan fingerprint density at radius 1 is 1.12 bits per heavy atom. The largest absolute Gasteiger partial charge is 0.383 e. The van der Waals surface area contributed by atoms with Crippen LogP contribution in [-0.2, 0) is 4.74 Å². The van der Waals surface area contributed by atoms with E-state index in [-0.39, 0.29) is 0 Å². The highest BCUT2D eigenvalue weighted by Gasteiger charge is 2.02. The van der Waals surface area contributed by atoms with Gasteiger partial charge < -0.3 is 15.0 Å². The van der Waals surface area contributed by atoms with Crippen molar-refractivity contribution in [2.75, 3.05) is 53.0 Å². The summed E-state index contributed by atoms with van der Waals surface area (Å²) in [7, 11) is 1.74. The predicted molar refractivity (Wildman–Crippen MR) is 78.1 cm³/mol. The summed E-state index contributed by atoms with van der Waals surface area (Å²) in [6, 6.07) is 0. The maximum Gasteiger partial charge on any atom is 0.0587 e. The number of methoxy groups -OCH3 is 1. The van der Waals surface area contributed by atoms with Crippen molar-refractivity contribution in [3.63, 3.8) is 0 Å². The summed E-state index contributed by atoms with van der Waals surface area (Å²) in [5.74, 6) is 0. The minimum atomic E-state index is 0.796. The third-order valence-corrected chi connectivity index (χ3v) is 2.98. The van der Waals surface area contributed by atoms with Gasteiger partial charge in [0.2, 0.25) is 0 Å². The van der Waals surface area contributed by atoms with Crippen molar-refractivity contribution in [2.45, 2.75) is 19.8 Å². The first kappa shape index (κ1) is 16.6. The SMILES string of the molecule is CCCCN(CCNI)CCNCCOC. The molecule has 0 aromatic rings. The smallest absolute Gasteiger partial charge is 0.0587 e. The van der Waals surface area contributed by atoms with Crippen LogP contribution < -0.4 is 8.85 Å². The maximum absolute atomic E-state index is 4.99. The summed E-state index contributed by atoms with van der Waals surface area (Å²) >= 11 is 2.21. The number of rotatable bonds is 12. The summed E-state index contributed by atoms with van der Waals surface area (Å²) < 4.78 is 8.16. The lowest BCUT2D eigenvalue weighted by Gasteiger charge is -2.21. The van der Waals surface area contributed by atoms with Gasteiger partial charge in [-0.1, -0.05) is 13.3 Å². The third kappa shape index (κ3) is 11.1. The molecule has 0 rings (SSSR count). The van der Waals surface area contributed by atoms with Crippen LogP contribution in [0.5, 0.6) is 0 Å². The Morgan fingerprint density at radius 3 is 2.50 bits per heavy atom. The van der Waals surface area contributed by atoms with E-state index in [4.69, 9.17) is 4.74 Å². The van der Waals surface area contributed by atoms with E-state index < -0.39 is 0 Å². The van der Waals surface area contributed by atoms with Crippen LogP contribution in [-0.4, -0.2) is 57.9 Å². The van der Waals surface area contributed by atoms with Gasteiger partial charge in [0.15, 0.2) is 0 Å². The van der Waals surface area contributed by atoms with E-state index in [1.54, 1.807) is 7.11 Å². The van der Waals surface area contributed by atoms with E-state index in [9.17, 15) is 0 Å². The Balaban J connectivity index is 3.48. The van der Waals surface area contributed by atoms with Gasteiger partial charge in [0.1, 0.15) is 0 Å². The summed E-state index contributed by atoms with van der Waals surface area (Å²) in [6.07, 6.45) is 2.56. The zero-order valence-corrected chi connectivity index (χ0v) is 12.8. The molecule has 0 amide bonds. The lowest BCUT2D eigenvalue weighted by Crippen LogP contribution is -2.37. The lowest BCUT2D eigenvalue weighted by molar-refractivity contribution is 0.196. The normalized spacial score (nSPS) is 11.2. The van der Waals surface area contributed by atoms with Crippen molar-refractivity contribution < 1.29 is 4.74 Å². The first-order valence-electron chi connectivity index (χ1n) is 6.10. The molecule has 0 atom stereocenters. The Bertz CT molecular complexity index is 130. The van der Waals surface area contributed by atoms with E-state index in [0.717, 1.165) is 39.3 Å². The van der Waals surface area contributed by atoms with Gasteiger partial charge in [0, 0.05) is 62.7 Å². The molecule has 0 saturated heterocycles. The van der Waals surface area contributed by atoms with E-state index in [1.165, 1.54) is 19.4 Å². The van der Waals surface area contributed by atoms with Crippen molar-refractivity contribution >= 4 is 22.9 Å².